The van der Waals surface area contributed by atoms with Crippen molar-refractivity contribution in [2.75, 3.05) is 12.4 Å². The van der Waals surface area contributed by atoms with Crippen LogP contribution in [-0.4, -0.2) is 17.3 Å². The maximum absolute atomic E-state index is 5.92. The van der Waals surface area contributed by atoms with E-state index in [0.717, 1.165) is 19.6 Å². The Balaban J connectivity index is 2.04. The van der Waals surface area contributed by atoms with Gasteiger partial charge >= 0.3 is 0 Å². The van der Waals surface area contributed by atoms with Crippen molar-refractivity contribution < 1.29 is 0 Å². The molecule has 0 spiro atoms. The minimum absolute atomic E-state index is 0.663. The van der Waals surface area contributed by atoms with Gasteiger partial charge in [0.15, 0.2) is 0 Å². The summed E-state index contributed by atoms with van der Waals surface area (Å²) in [5.41, 5.74) is 2.67. The molecule has 0 radical (unpaired) electrons. The summed E-state index contributed by atoms with van der Waals surface area (Å²) < 4.78 is 1.28. The molecule has 0 heterocycles. The van der Waals surface area contributed by atoms with Gasteiger partial charge in [-0.15, -0.1) is 11.6 Å². The van der Waals surface area contributed by atoms with Crippen LogP contribution in [0.2, 0.25) is 0 Å². The van der Waals surface area contributed by atoms with Crippen molar-refractivity contribution in [1.29, 1.82) is 0 Å². The number of benzene rings is 2. The third-order valence-electron chi connectivity index (χ3n) is 2.94. The van der Waals surface area contributed by atoms with E-state index >= 15 is 0 Å². The van der Waals surface area contributed by atoms with Gasteiger partial charge in [0.05, 0.1) is 0 Å². The van der Waals surface area contributed by atoms with E-state index in [1.165, 1.54) is 14.7 Å². The van der Waals surface area contributed by atoms with Gasteiger partial charge in [-0.05, 0) is 45.9 Å². The second-order valence-corrected chi connectivity index (χ2v) is 6.14. The van der Waals surface area contributed by atoms with Gasteiger partial charge in [-0.25, -0.2) is 0 Å². The van der Waals surface area contributed by atoms with Crippen LogP contribution in [0.5, 0.6) is 0 Å². The largest absolute Gasteiger partial charge is 0.294 e. The second kappa shape index (κ2) is 7.88. The van der Waals surface area contributed by atoms with Crippen molar-refractivity contribution in [3.63, 3.8) is 0 Å². The van der Waals surface area contributed by atoms with Crippen LogP contribution >= 0.6 is 34.2 Å². The highest BCUT2D eigenvalue weighted by Gasteiger charge is 2.06. The first-order valence-electron chi connectivity index (χ1n) is 6.34. The van der Waals surface area contributed by atoms with Gasteiger partial charge in [0, 0.05) is 29.1 Å². The molecule has 0 aromatic heterocycles. The van der Waals surface area contributed by atoms with Gasteiger partial charge in [-0.3, -0.25) is 4.90 Å². The fourth-order valence-corrected chi connectivity index (χ4v) is 2.92. The Morgan fingerprint density at radius 1 is 0.895 bits per heavy atom. The SMILES string of the molecule is ClCCN(Cc1ccccc1)Cc1cccc(I)c1. The third kappa shape index (κ3) is 5.13. The normalized spacial score (nSPS) is 10.9. The zero-order valence-electron chi connectivity index (χ0n) is 10.7. The van der Waals surface area contributed by atoms with E-state index in [4.69, 9.17) is 11.6 Å². The molecule has 100 valence electrons. The number of halogens is 2. The lowest BCUT2D eigenvalue weighted by Gasteiger charge is -2.21. The molecule has 0 saturated carbocycles. The molecule has 0 aliphatic heterocycles. The summed E-state index contributed by atoms with van der Waals surface area (Å²) in [4.78, 5) is 2.38. The molecule has 0 aliphatic carbocycles. The molecule has 1 nitrogen and oxygen atoms in total. The summed E-state index contributed by atoms with van der Waals surface area (Å²) in [5, 5.41) is 0. The van der Waals surface area contributed by atoms with Gasteiger partial charge in [0.25, 0.3) is 0 Å². The van der Waals surface area contributed by atoms with E-state index in [0.29, 0.717) is 5.88 Å². The van der Waals surface area contributed by atoms with Crippen molar-refractivity contribution in [2.24, 2.45) is 0 Å². The summed E-state index contributed by atoms with van der Waals surface area (Å²) >= 11 is 8.27. The molecule has 0 atom stereocenters. The monoisotopic (exact) mass is 385 g/mol. The van der Waals surface area contributed by atoms with Gasteiger partial charge in [-0.2, -0.15) is 0 Å². The van der Waals surface area contributed by atoms with Crippen molar-refractivity contribution in [3.05, 3.63) is 69.3 Å². The highest BCUT2D eigenvalue weighted by molar-refractivity contribution is 14.1. The average molecular weight is 386 g/mol. The van der Waals surface area contributed by atoms with Crippen LogP contribution in [0.1, 0.15) is 11.1 Å². The Labute approximate surface area is 133 Å². The molecule has 0 aliphatic rings. The molecular weight excluding hydrogens is 369 g/mol. The molecule has 19 heavy (non-hydrogen) atoms. The van der Waals surface area contributed by atoms with Crippen LogP contribution in [0.25, 0.3) is 0 Å². The van der Waals surface area contributed by atoms with E-state index < -0.39 is 0 Å². The summed E-state index contributed by atoms with van der Waals surface area (Å²) in [6.07, 6.45) is 0. The zero-order valence-corrected chi connectivity index (χ0v) is 13.6. The molecule has 0 bridgehead atoms. The maximum Gasteiger partial charge on any atom is 0.0351 e. The third-order valence-corrected chi connectivity index (χ3v) is 3.78. The Hall–Kier alpha value is -0.580. The van der Waals surface area contributed by atoms with Crippen molar-refractivity contribution in [2.45, 2.75) is 13.1 Å². The zero-order chi connectivity index (χ0) is 13.5. The van der Waals surface area contributed by atoms with Crippen LogP contribution in [0.3, 0.4) is 0 Å². The molecule has 3 heteroatoms. The average Bonchev–Trinajstić information content (AvgIpc) is 2.40. The topological polar surface area (TPSA) is 3.24 Å². The van der Waals surface area contributed by atoms with Crippen molar-refractivity contribution in [1.82, 2.24) is 4.90 Å². The predicted octanol–water partition coefficient (Wildman–Crippen LogP) is 4.53. The first kappa shape index (κ1) is 14.8. The second-order valence-electron chi connectivity index (χ2n) is 4.52. The van der Waals surface area contributed by atoms with Crippen LogP contribution in [0, 0.1) is 3.57 Å². The predicted molar refractivity (Wildman–Crippen MR) is 90.4 cm³/mol. The smallest absolute Gasteiger partial charge is 0.0351 e. The lowest BCUT2D eigenvalue weighted by atomic mass is 10.1. The quantitative estimate of drug-likeness (QED) is 0.521. The summed E-state index contributed by atoms with van der Waals surface area (Å²) in [6, 6.07) is 19.2. The molecule has 2 rings (SSSR count). The first-order chi connectivity index (χ1) is 9.28. The van der Waals surface area contributed by atoms with Gasteiger partial charge < -0.3 is 0 Å². The van der Waals surface area contributed by atoms with E-state index in [1.54, 1.807) is 0 Å². The fraction of sp³-hybridized carbons (Fsp3) is 0.250. The van der Waals surface area contributed by atoms with Crippen LogP contribution in [0.15, 0.2) is 54.6 Å². The molecule has 0 fully saturated rings. The lowest BCUT2D eigenvalue weighted by molar-refractivity contribution is 0.273. The summed E-state index contributed by atoms with van der Waals surface area (Å²) in [6.45, 7) is 2.79. The van der Waals surface area contributed by atoms with E-state index in [1.807, 2.05) is 0 Å². The summed E-state index contributed by atoms with van der Waals surface area (Å²) in [5.74, 6) is 0.663. The van der Waals surface area contributed by atoms with Crippen LogP contribution in [0.4, 0.5) is 0 Å². The van der Waals surface area contributed by atoms with Crippen LogP contribution < -0.4 is 0 Å². The first-order valence-corrected chi connectivity index (χ1v) is 7.96. The van der Waals surface area contributed by atoms with E-state index in [2.05, 4.69) is 82.1 Å². The Morgan fingerprint density at radius 3 is 2.26 bits per heavy atom. The van der Waals surface area contributed by atoms with Crippen LogP contribution in [-0.2, 0) is 13.1 Å². The molecular formula is C16H17ClIN. The van der Waals surface area contributed by atoms with Gasteiger partial charge in [0.1, 0.15) is 0 Å². The van der Waals surface area contributed by atoms with Crippen molar-refractivity contribution in [3.8, 4) is 0 Å². The highest BCUT2D eigenvalue weighted by atomic mass is 127. The van der Waals surface area contributed by atoms with Crippen molar-refractivity contribution >= 4 is 34.2 Å². The molecule has 2 aromatic rings. The highest BCUT2D eigenvalue weighted by Crippen LogP contribution is 2.13. The van der Waals surface area contributed by atoms with Gasteiger partial charge in [-0.1, -0.05) is 42.5 Å². The maximum atomic E-state index is 5.92. The standard InChI is InChI=1S/C16H17ClIN/c17-9-10-19(12-14-5-2-1-3-6-14)13-15-7-4-8-16(18)11-15/h1-8,11H,9-10,12-13H2. The molecule has 0 saturated heterocycles. The van der Waals surface area contributed by atoms with E-state index in [9.17, 15) is 0 Å². The molecule has 0 amide bonds. The minimum Gasteiger partial charge on any atom is -0.294 e. The molecule has 2 aromatic carbocycles. The number of hydrogen-bond acceptors (Lipinski definition) is 1. The Morgan fingerprint density at radius 2 is 1.58 bits per heavy atom. The number of alkyl halides is 1. The number of hydrogen-bond donors (Lipinski definition) is 0. The Bertz CT molecular complexity index is 501. The minimum atomic E-state index is 0.663. The number of rotatable bonds is 6. The summed E-state index contributed by atoms with van der Waals surface area (Å²) in [7, 11) is 0. The molecule has 0 unspecified atom stereocenters. The fourth-order valence-electron chi connectivity index (χ4n) is 2.07. The van der Waals surface area contributed by atoms with Gasteiger partial charge in [0.2, 0.25) is 0 Å². The lowest BCUT2D eigenvalue weighted by Crippen LogP contribution is -2.24. The van der Waals surface area contributed by atoms with E-state index in [-0.39, 0.29) is 0 Å². The number of nitrogens with zero attached hydrogens (tertiary/aromatic N) is 1. The Kier molecular flexibility index (Phi) is 6.14. The molecule has 0 N–H and O–H groups in total.